The summed E-state index contributed by atoms with van der Waals surface area (Å²) < 4.78 is 5.41. The Morgan fingerprint density at radius 3 is 2.73 bits per heavy atom. The second-order valence-electron chi connectivity index (χ2n) is 5.82. The Kier molecular flexibility index (Phi) is 11.6. The zero-order valence-electron chi connectivity index (χ0n) is 14.2. The molecule has 1 fully saturated rings. The van der Waals surface area contributed by atoms with Crippen LogP contribution in [0.1, 0.15) is 33.6 Å². The molecule has 1 amide bonds. The average Bonchev–Trinajstić information content (AvgIpc) is 2.89. The van der Waals surface area contributed by atoms with Crippen LogP contribution in [0.25, 0.3) is 0 Å². The second kappa shape index (κ2) is 11.9. The zero-order valence-corrected chi connectivity index (χ0v) is 16.6. The molecular formula is C15H31IN4O2. The molecule has 0 bridgehead atoms. The molecular weight excluding hydrogens is 395 g/mol. The molecule has 1 aliphatic heterocycles. The summed E-state index contributed by atoms with van der Waals surface area (Å²) in [6, 6.07) is 0.180. The van der Waals surface area contributed by atoms with Gasteiger partial charge in [0, 0.05) is 45.1 Å². The molecule has 0 saturated carbocycles. The van der Waals surface area contributed by atoms with E-state index in [4.69, 9.17) is 4.74 Å². The molecule has 7 heteroatoms. The third kappa shape index (κ3) is 8.77. The van der Waals surface area contributed by atoms with Gasteiger partial charge in [-0.05, 0) is 27.2 Å². The number of hydrogen-bond donors (Lipinski definition) is 2. The van der Waals surface area contributed by atoms with Crippen molar-refractivity contribution in [2.24, 2.45) is 10.9 Å². The van der Waals surface area contributed by atoms with Gasteiger partial charge in [-0.15, -0.1) is 24.0 Å². The van der Waals surface area contributed by atoms with E-state index in [1.165, 1.54) is 0 Å². The van der Waals surface area contributed by atoms with Crippen molar-refractivity contribution in [2.75, 3.05) is 39.9 Å². The van der Waals surface area contributed by atoms with Gasteiger partial charge in [0.1, 0.15) is 0 Å². The smallest absolute Gasteiger partial charge is 0.222 e. The van der Waals surface area contributed by atoms with Gasteiger partial charge < -0.3 is 20.3 Å². The van der Waals surface area contributed by atoms with Gasteiger partial charge in [0.25, 0.3) is 0 Å². The van der Waals surface area contributed by atoms with Crippen LogP contribution in [0, 0.1) is 5.92 Å². The van der Waals surface area contributed by atoms with Crippen molar-refractivity contribution in [1.29, 1.82) is 0 Å². The number of guanidine groups is 1. The fraction of sp³-hybridized carbons (Fsp3) is 0.867. The van der Waals surface area contributed by atoms with Crippen molar-refractivity contribution in [1.82, 2.24) is 15.5 Å². The van der Waals surface area contributed by atoms with Crippen molar-refractivity contribution < 1.29 is 9.53 Å². The first-order chi connectivity index (χ1) is 10.0. The van der Waals surface area contributed by atoms with Gasteiger partial charge in [0.15, 0.2) is 5.96 Å². The van der Waals surface area contributed by atoms with E-state index in [1.54, 1.807) is 0 Å². The van der Waals surface area contributed by atoms with Gasteiger partial charge in [-0.25, -0.2) is 0 Å². The molecule has 1 saturated heterocycles. The third-order valence-corrected chi connectivity index (χ3v) is 3.30. The highest BCUT2D eigenvalue weighted by atomic mass is 127. The minimum Gasteiger partial charge on any atom is -0.381 e. The predicted octanol–water partition coefficient (Wildman–Crippen LogP) is 1.45. The predicted molar refractivity (Wildman–Crippen MR) is 101 cm³/mol. The number of carbonyl (C=O) groups excluding carboxylic acids is 1. The SMILES string of the molecule is CCNC(=NCCC(=O)NC(C)C)N(C)CC1CCOC1.I. The number of amides is 1. The Balaban J connectivity index is 0.00000441. The van der Waals surface area contributed by atoms with E-state index in [0.29, 0.717) is 18.9 Å². The van der Waals surface area contributed by atoms with Crippen LogP contribution in [0.4, 0.5) is 0 Å². The number of carbonyl (C=O) groups is 1. The first kappa shape index (κ1) is 21.4. The lowest BCUT2D eigenvalue weighted by molar-refractivity contribution is -0.121. The molecule has 22 heavy (non-hydrogen) atoms. The zero-order chi connectivity index (χ0) is 15.7. The van der Waals surface area contributed by atoms with Crippen LogP contribution in [0.3, 0.4) is 0 Å². The third-order valence-electron chi connectivity index (χ3n) is 3.30. The van der Waals surface area contributed by atoms with Gasteiger partial charge in [-0.1, -0.05) is 0 Å². The summed E-state index contributed by atoms with van der Waals surface area (Å²) in [5.41, 5.74) is 0. The van der Waals surface area contributed by atoms with Crippen LogP contribution < -0.4 is 10.6 Å². The summed E-state index contributed by atoms with van der Waals surface area (Å²) in [5, 5.41) is 6.15. The molecule has 130 valence electrons. The van der Waals surface area contributed by atoms with E-state index in [-0.39, 0.29) is 35.9 Å². The largest absolute Gasteiger partial charge is 0.381 e. The van der Waals surface area contributed by atoms with Crippen LogP contribution in [0.15, 0.2) is 4.99 Å². The summed E-state index contributed by atoms with van der Waals surface area (Å²) in [7, 11) is 2.04. The maximum absolute atomic E-state index is 11.6. The molecule has 1 heterocycles. The standard InChI is InChI=1S/C15H30N4O2.HI/c1-5-16-15(17-8-6-14(20)18-12(2)3)19(4)10-13-7-9-21-11-13;/h12-13H,5-11H2,1-4H3,(H,16,17)(H,18,20);1H. The molecule has 1 aliphatic rings. The quantitative estimate of drug-likeness (QED) is 0.368. The molecule has 2 N–H and O–H groups in total. The van der Waals surface area contributed by atoms with Gasteiger partial charge in [0.05, 0.1) is 13.2 Å². The highest BCUT2D eigenvalue weighted by Crippen LogP contribution is 2.13. The molecule has 0 aromatic carbocycles. The van der Waals surface area contributed by atoms with Crippen LogP contribution in [-0.2, 0) is 9.53 Å². The number of nitrogens with zero attached hydrogens (tertiary/aromatic N) is 2. The Hall–Kier alpha value is -0.570. The lowest BCUT2D eigenvalue weighted by Gasteiger charge is -2.24. The molecule has 1 rings (SSSR count). The Morgan fingerprint density at radius 1 is 1.45 bits per heavy atom. The number of aliphatic imine (C=N–C) groups is 1. The van der Waals surface area contributed by atoms with E-state index in [2.05, 4.69) is 20.5 Å². The molecule has 0 aromatic rings. The molecule has 0 aliphatic carbocycles. The van der Waals surface area contributed by atoms with E-state index in [9.17, 15) is 4.79 Å². The number of hydrogen-bond acceptors (Lipinski definition) is 3. The molecule has 1 atom stereocenters. The van der Waals surface area contributed by atoms with Crippen LogP contribution in [0.2, 0.25) is 0 Å². The summed E-state index contributed by atoms with van der Waals surface area (Å²) >= 11 is 0. The Labute approximate surface area is 151 Å². The number of nitrogens with one attached hydrogen (secondary N) is 2. The van der Waals surface area contributed by atoms with Crippen LogP contribution >= 0.6 is 24.0 Å². The van der Waals surface area contributed by atoms with Crippen LogP contribution in [-0.4, -0.2) is 62.7 Å². The lowest BCUT2D eigenvalue weighted by Crippen LogP contribution is -2.41. The van der Waals surface area contributed by atoms with Gasteiger partial charge in [0.2, 0.25) is 5.91 Å². The fourth-order valence-electron chi connectivity index (χ4n) is 2.33. The minimum absolute atomic E-state index is 0. The van der Waals surface area contributed by atoms with Crippen molar-refractivity contribution in [3.8, 4) is 0 Å². The minimum atomic E-state index is 0. The highest BCUT2D eigenvalue weighted by Gasteiger charge is 2.19. The molecule has 0 aromatic heterocycles. The number of rotatable bonds is 7. The molecule has 0 spiro atoms. The summed E-state index contributed by atoms with van der Waals surface area (Å²) in [5.74, 6) is 1.49. The van der Waals surface area contributed by atoms with E-state index >= 15 is 0 Å². The first-order valence-corrected chi connectivity index (χ1v) is 7.89. The van der Waals surface area contributed by atoms with Crippen molar-refractivity contribution in [2.45, 2.75) is 39.7 Å². The van der Waals surface area contributed by atoms with Crippen molar-refractivity contribution >= 4 is 35.8 Å². The van der Waals surface area contributed by atoms with E-state index in [0.717, 1.165) is 38.7 Å². The summed E-state index contributed by atoms with van der Waals surface area (Å²) in [6.07, 6.45) is 1.54. The number of ether oxygens (including phenoxy) is 1. The van der Waals surface area contributed by atoms with Crippen LogP contribution in [0.5, 0.6) is 0 Å². The monoisotopic (exact) mass is 426 g/mol. The van der Waals surface area contributed by atoms with Crippen molar-refractivity contribution in [3.05, 3.63) is 0 Å². The molecule has 1 unspecified atom stereocenters. The molecule has 6 nitrogen and oxygen atoms in total. The Bertz CT molecular complexity index is 344. The van der Waals surface area contributed by atoms with Gasteiger partial charge in [-0.3, -0.25) is 9.79 Å². The average molecular weight is 426 g/mol. The first-order valence-electron chi connectivity index (χ1n) is 7.89. The normalized spacial score (nSPS) is 18.0. The topological polar surface area (TPSA) is 66.0 Å². The van der Waals surface area contributed by atoms with Gasteiger partial charge >= 0.3 is 0 Å². The maximum atomic E-state index is 11.6. The second-order valence-corrected chi connectivity index (χ2v) is 5.82. The highest BCUT2D eigenvalue weighted by molar-refractivity contribution is 14.0. The molecule has 0 radical (unpaired) electrons. The summed E-state index contributed by atoms with van der Waals surface area (Å²) in [6.45, 7) is 9.93. The lowest BCUT2D eigenvalue weighted by atomic mass is 10.1. The summed E-state index contributed by atoms with van der Waals surface area (Å²) in [4.78, 5) is 18.3. The number of halogens is 1. The van der Waals surface area contributed by atoms with E-state index in [1.807, 2.05) is 27.8 Å². The maximum Gasteiger partial charge on any atom is 0.222 e. The van der Waals surface area contributed by atoms with Gasteiger partial charge in [-0.2, -0.15) is 0 Å². The van der Waals surface area contributed by atoms with Crippen molar-refractivity contribution in [3.63, 3.8) is 0 Å². The fourth-order valence-corrected chi connectivity index (χ4v) is 2.33. The van der Waals surface area contributed by atoms with E-state index < -0.39 is 0 Å². The Morgan fingerprint density at radius 2 is 2.18 bits per heavy atom.